The zero-order chi connectivity index (χ0) is 17.6. The van der Waals surface area contributed by atoms with Gasteiger partial charge in [-0.2, -0.15) is 0 Å². The molecule has 1 aromatic carbocycles. The maximum atomic E-state index is 12.8. The minimum atomic E-state index is -0.118. The highest BCUT2D eigenvalue weighted by atomic mass is 16.5. The molecule has 132 valence electrons. The summed E-state index contributed by atoms with van der Waals surface area (Å²) in [5.41, 5.74) is 0.729. The van der Waals surface area contributed by atoms with E-state index in [1.165, 1.54) is 6.42 Å². The van der Waals surface area contributed by atoms with Gasteiger partial charge in [0, 0.05) is 19.0 Å². The third-order valence-corrected chi connectivity index (χ3v) is 4.95. The number of hydrogen-bond donors (Lipinski definition) is 0. The fourth-order valence-corrected chi connectivity index (χ4v) is 3.66. The predicted molar refractivity (Wildman–Crippen MR) is 96.3 cm³/mol. The van der Waals surface area contributed by atoms with E-state index in [1.54, 1.807) is 4.90 Å². The molecule has 0 aromatic heterocycles. The Morgan fingerprint density at radius 1 is 1.28 bits per heavy atom. The van der Waals surface area contributed by atoms with Gasteiger partial charge in [-0.25, -0.2) is 0 Å². The summed E-state index contributed by atoms with van der Waals surface area (Å²) in [6.07, 6.45) is 11.3. The van der Waals surface area contributed by atoms with Crippen LogP contribution in [0.15, 0.2) is 24.3 Å². The largest absolute Gasteiger partial charge is 0.482 e. The number of carbonyl (C=O) groups is 2. The Morgan fingerprint density at radius 3 is 2.80 bits per heavy atom. The Labute approximate surface area is 148 Å². The van der Waals surface area contributed by atoms with Gasteiger partial charge in [-0.1, -0.05) is 37.3 Å². The molecule has 25 heavy (non-hydrogen) atoms. The van der Waals surface area contributed by atoms with Crippen molar-refractivity contribution >= 4 is 17.5 Å². The lowest BCUT2D eigenvalue weighted by molar-refractivity contribution is -0.133. The maximum absolute atomic E-state index is 12.8. The summed E-state index contributed by atoms with van der Waals surface area (Å²) < 4.78 is 5.44. The molecule has 2 amide bonds. The molecule has 0 unspecified atom stereocenters. The lowest BCUT2D eigenvalue weighted by atomic mass is 9.94. The Balaban J connectivity index is 1.66. The van der Waals surface area contributed by atoms with Crippen LogP contribution in [0, 0.1) is 12.3 Å². The number of ether oxygens (including phenoxy) is 1. The summed E-state index contributed by atoms with van der Waals surface area (Å²) >= 11 is 0. The number of terminal acetylenes is 1. The number of carbonyl (C=O) groups excluding carboxylic acids is 2. The lowest BCUT2D eigenvalue weighted by Crippen LogP contribution is -2.45. The van der Waals surface area contributed by atoms with Gasteiger partial charge < -0.3 is 14.5 Å². The summed E-state index contributed by atoms with van der Waals surface area (Å²) in [7, 11) is 0. The SMILES string of the molecule is C#CCN(C(=O)CCN1C(=O)COc2ccccc21)C1CCCCC1. The molecule has 1 aliphatic carbocycles. The van der Waals surface area contributed by atoms with E-state index < -0.39 is 0 Å². The standard InChI is InChI=1S/C20H24N2O3/c1-2-13-21(16-8-4-3-5-9-16)19(23)12-14-22-17-10-6-7-11-18(17)25-15-20(22)24/h1,6-7,10-11,16H,3-5,8-9,12-15H2. The smallest absolute Gasteiger partial charge is 0.265 e. The first-order valence-corrected chi connectivity index (χ1v) is 8.96. The van der Waals surface area contributed by atoms with Crippen molar-refractivity contribution in [2.45, 2.75) is 44.6 Å². The number of para-hydroxylation sites is 2. The number of anilines is 1. The van der Waals surface area contributed by atoms with E-state index in [2.05, 4.69) is 5.92 Å². The molecule has 1 saturated carbocycles. The molecule has 0 spiro atoms. The van der Waals surface area contributed by atoms with E-state index in [0.29, 0.717) is 18.8 Å². The maximum Gasteiger partial charge on any atom is 0.265 e. The minimum Gasteiger partial charge on any atom is -0.482 e. The van der Waals surface area contributed by atoms with Crippen LogP contribution in [0.4, 0.5) is 5.69 Å². The van der Waals surface area contributed by atoms with Gasteiger partial charge >= 0.3 is 0 Å². The van der Waals surface area contributed by atoms with Crippen LogP contribution in [0.5, 0.6) is 5.75 Å². The van der Waals surface area contributed by atoms with Crippen LogP contribution in [-0.4, -0.2) is 42.5 Å². The van der Waals surface area contributed by atoms with E-state index in [4.69, 9.17) is 11.2 Å². The van der Waals surface area contributed by atoms with Crippen molar-refractivity contribution in [2.75, 3.05) is 24.6 Å². The zero-order valence-corrected chi connectivity index (χ0v) is 14.4. The van der Waals surface area contributed by atoms with Crippen molar-refractivity contribution < 1.29 is 14.3 Å². The molecule has 0 atom stereocenters. The van der Waals surface area contributed by atoms with Gasteiger partial charge in [0.05, 0.1) is 12.2 Å². The van der Waals surface area contributed by atoms with Crippen LogP contribution in [-0.2, 0) is 9.59 Å². The summed E-state index contributed by atoms with van der Waals surface area (Å²) in [5.74, 6) is 3.21. The minimum absolute atomic E-state index is 0.0158. The molecule has 1 heterocycles. The second-order valence-electron chi connectivity index (χ2n) is 6.57. The number of fused-ring (bicyclic) bond motifs is 1. The van der Waals surface area contributed by atoms with Crippen LogP contribution in [0.2, 0.25) is 0 Å². The highest BCUT2D eigenvalue weighted by Crippen LogP contribution is 2.31. The van der Waals surface area contributed by atoms with Crippen LogP contribution < -0.4 is 9.64 Å². The Bertz CT molecular complexity index is 674. The third-order valence-electron chi connectivity index (χ3n) is 4.95. The Hall–Kier alpha value is -2.48. The molecule has 0 radical (unpaired) electrons. The van der Waals surface area contributed by atoms with Crippen molar-refractivity contribution in [3.8, 4) is 18.1 Å². The topological polar surface area (TPSA) is 49.9 Å². The highest BCUT2D eigenvalue weighted by molar-refractivity contribution is 5.98. The average molecular weight is 340 g/mol. The second kappa shape index (κ2) is 8.06. The number of amides is 2. The van der Waals surface area contributed by atoms with Crippen LogP contribution >= 0.6 is 0 Å². The van der Waals surface area contributed by atoms with Gasteiger partial charge in [-0.05, 0) is 25.0 Å². The molecular formula is C20H24N2O3. The Kier molecular flexibility index (Phi) is 5.60. The number of benzene rings is 1. The van der Waals surface area contributed by atoms with Gasteiger partial charge in [0.2, 0.25) is 5.91 Å². The normalized spacial score (nSPS) is 17.4. The van der Waals surface area contributed by atoms with Gasteiger partial charge in [0.25, 0.3) is 5.91 Å². The second-order valence-corrected chi connectivity index (χ2v) is 6.57. The van der Waals surface area contributed by atoms with Crippen LogP contribution in [0.3, 0.4) is 0 Å². The first-order chi connectivity index (χ1) is 12.2. The first kappa shape index (κ1) is 17.3. The summed E-state index contributed by atoms with van der Waals surface area (Å²) in [6, 6.07) is 7.66. The van der Waals surface area contributed by atoms with Gasteiger partial charge in [-0.15, -0.1) is 6.42 Å². The molecule has 5 heteroatoms. The van der Waals surface area contributed by atoms with Crippen molar-refractivity contribution in [3.63, 3.8) is 0 Å². The number of rotatable bonds is 5. The number of nitrogens with zero attached hydrogens (tertiary/aromatic N) is 2. The van der Waals surface area contributed by atoms with E-state index >= 15 is 0 Å². The highest BCUT2D eigenvalue weighted by Gasteiger charge is 2.28. The molecule has 3 rings (SSSR count). The molecule has 2 aliphatic rings. The molecular weight excluding hydrogens is 316 g/mol. The number of hydrogen-bond acceptors (Lipinski definition) is 3. The van der Waals surface area contributed by atoms with Crippen molar-refractivity contribution in [2.24, 2.45) is 0 Å². The van der Waals surface area contributed by atoms with E-state index in [1.807, 2.05) is 29.2 Å². The third kappa shape index (κ3) is 3.96. The average Bonchev–Trinajstić information content (AvgIpc) is 2.66. The van der Waals surface area contributed by atoms with E-state index in [0.717, 1.165) is 31.4 Å². The predicted octanol–water partition coefficient (Wildman–Crippen LogP) is 2.60. The van der Waals surface area contributed by atoms with E-state index in [-0.39, 0.29) is 30.9 Å². The molecule has 0 saturated heterocycles. The molecule has 1 aliphatic heterocycles. The first-order valence-electron chi connectivity index (χ1n) is 8.96. The molecule has 0 bridgehead atoms. The zero-order valence-electron chi connectivity index (χ0n) is 14.4. The molecule has 1 fully saturated rings. The molecule has 5 nitrogen and oxygen atoms in total. The van der Waals surface area contributed by atoms with Crippen LogP contribution in [0.1, 0.15) is 38.5 Å². The van der Waals surface area contributed by atoms with Crippen molar-refractivity contribution in [1.29, 1.82) is 0 Å². The quantitative estimate of drug-likeness (QED) is 0.774. The van der Waals surface area contributed by atoms with Gasteiger partial charge in [0.15, 0.2) is 6.61 Å². The van der Waals surface area contributed by atoms with Crippen LogP contribution in [0.25, 0.3) is 0 Å². The van der Waals surface area contributed by atoms with Gasteiger partial charge in [-0.3, -0.25) is 9.59 Å². The lowest BCUT2D eigenvalue weighted by Gasteiger charge is -2.34. The Morgan fingerprint density at radius 2 is 2.04 bits per heavy atom. The fourth-order valence-electron chi connectivity index (χ4n) is 3.66. The summed E-state index contributed by atoms with van der Waals surface area (Å²) in [6.45, 7) is 0.713. The summed E-state index contributed by atoms with van der Waals surface area (Å²) in [5, 5.41) is 0. The van der Waals surface area contributed by atoms with Crippen molar-refractivity contribution in [3.05, 3.63) is 24.3 Å². The summed E-state index contributed by atoms with van der Waals surface area (Å²) in [4.78, 5) is 28.4. The fraction of sp³-hybridized carbons (Fsp3) is 0.500. The van der Waals surface area contributed by atoms with Crippen molar-refractivity contribution in [1.82, 2.24) is 4.90 Å². The molecule has 1 aromatic rings. The monoisotopic (exact) mass is 340 g/mol. The molecule has 0 N–H and O–H groups in total. The van der Waals surface area contributed by atoms with E-state index in [9.17, 15) is 9.59 Å². The van der Waals surface area contributed by atoms with Gasteiger partial charge in [0.1, 0.15) is 5.75 Å².